The van der Waals surface area contributed by atoms with Gasteiger partial charge in [0.15, 0.2) is 0 Å². The summed E-state index contributed by atoms with van der Waals surface area (Å²) in [7, 11) is 1.54. The van der Waals surface area contributed by atoms with Crippen LogP contribution in [0.25, 0.3) is 0 Å². The Kier molecular flexibility index (Phi) is 4.31. The van der Waals surface area contributed by atoms with Gasteiger partial charge in [-0.2, -0.15) is 0 Å². The Morgan fingerprint density at radius 2 is 2.30 bits per heavy atom. The number of nitrogens with zero attached hydrogens (tertiary/aromatic N) is 3. The van der Waals surface area contributed by atoms with E-state index in [1.807, 2.05) is 10.8 Å². The average molecular weight is 276 g/mol. The lowest BCUT2D eigenvalue weighted by Gasteiger charge is -2.11. The van der Waals surface area contributed by atoms with Crippen LogP contribution in [0.4, 0.5) is 5.69 Å². The molecule has 1 aromatic carbocycles. The normalized spacial score (nSPS) is 10.5. The van der Waals surface area contributed by atoms with E-state index in [9.17, 15) is 10.1 Å². The molecule has 106 valence electrons. The number of ether oxygens (including phenoxy) is 1. The number of nitro benzene ring substituents is 1. The zero-order valence-corrected chi connectivity index (χ0v) is 11.2. The molecule has 2 N–H and O–H groups in total. The van der Waals surface area contributed by atoms with Gasteiger partial charge in [-0.1, -0.05) is 0 Å². The maximum atomic E-state index is 10.9. The highest BCUT2D eigenvalue weighted by atomic mass is 16.6. The van der Waals surface area contributed by atoms with Crippen molar-refractivity contribution in [3.63, 3.8) is 0 Å². The van der Waals surface area contributed by atoms with Crippen molar-refractivity contribution < 1.29 is 9.66 Å². The van der Waals surface area contributed by atoms with E-state index in [0.29, 0.717) is 25.3 Å². The van der Waals surface area contributed by atoms with Crippen molar-refractivity contribution in [2.24, 2.45) is 5.73 Å². The van der Waals surface area contributed by atoms with E-state index in [1.54, 1.807) is 19.4 Å². The molecule has 1 heterocycles. The Morgan fingerprint density at radius 1 is 1.50 bits per heavy atom. The number of aromatic nitrogens is 2. The van der Waals surface area contributed by atoms with E-state index in [0.717, 1.165) is 11.4 Å². The summed E-state index contributed by atoms with van der Waals surface area (Å²) in [5, 5.41) is 10.9. The zero-order valence-electron chi connectivity index (χ0n) is 11.2. The van der Waals surface area contributed by atoms with Crippen LogP contribution < -0.4 is 10.5 Å². The minimum atomic E-state index is -0.419. The molecule has 1 aromatic heterocycles. The van der Waals surface area contributed by atoms with Crippen LogP contribution in [0.1, 0.15) is 11.4 Å². The Morgan fingerprint density at radius 3 is 2.95 bits per heavy atom. The lowest BCUT2D eigenvalue weighted by molar-refractivity contribution is -0.384. The predicted molar refractivity (Wildman–Crippen MR) is 73.7 cm³/mol. The van der Waals surface area contributed by atoms with Crippen molar-refractivity contribution in [2.75, 3.05) is 13.7 Å². The molecule has 0 unspecified atom stereocenters. The van der Waals surface area contributed by atoms with E-state index in [2.05, 4.69) is 4.98 Å². The number of methoxy groups -OCH3 is 1. The van der Waals surface area contributed by atoms with Crippen molar-refractivity contribution in [1.82, 2.24) is 9.55 Å². The first-order chi connectivity index (χ1) is 9.65. The van der Waals surface area contributed by atoms with E-state index in [1.165, 1.54) is 12.1 Å². The third-order valence-electron chi connectivity index (χ3n) is 2.99. The standard InChI is InChI=1S/C13H16N4O3/c1-20-12-3-2-11(17(18)19)8-10(12)9-16-7-6-15-13(16)4-5-14/h2-3,6-8H,4-5,9,14H2,1H3. The van der Waals surface area contributed by atoms with Crippen molar-refractivity contribution >= 4 is 5.69 Å². The smallest absolute Gasteiger partial charge is 0.270 e. The Balaban J connectivity index is 2.33. The molecule has 0 amide bonds. The van der Waals surface area contributed by atoms with Gasteiger partial charge in [0.2, 0.25) is 0 Å². The highest BCUT2D eigenvalue weighted by molar-refractivity contribution is 5.44. The first-order valence-corrected chi connectivity index (χ1v) is 6.17. The van der Waals surface area contributed by atoms with Crippen LogP contribution in [0.5, 0.6) is 5.75 Å². The summed E-state index contributed by atoms with van der Waals surface area (Å²) in [6.07, 6.45) is 4.17. The van der Waals surface area contributed by atoms with Crippen LogP contribution in [0.2, 0.25) is 0 Å². The molecule has 0 saturated heterocycles. The summed E-state index contributed by atoms with van der Waals surface area (Å²) in [5.41, 5.74) is 6.31. The molecule has 20 heavy (non-hydrogen) atoms. The quantitative estimate of drug-likeness (QED) is 0.634. The molecule has 2 aromatic rings. The van der Waals surface area contributed by atoms with E-state index >= 15 is 0 Å². The van der Waals surface area contributed by atoms with E-state index < -0.39 is 4.92 Å². The molecular weight excluding hydrogens is 260 g/mol. The van der Waals surface area contributed by atoms with Gasteiger partial charge in [-0.25, -0.2) is 4.98 Å². The number of hydrogen-bond acceptors (Lipinski definition) is 5. The van der Waals surface area contributed by atoms with Crippen LogP contribution in [0.3, 0.4) is 0 Å². The van der Waals surface area contributed by atoms with Gasteiger partial charge in [-0.3, -0.25) is 10.1 Å². The van der Waals surface area contributed by atoms with Gasteiger partial charge >= 0.3 is 0 Å². The third kappa shape index (κ3) is 2.94. The van der Waals surface area contributed by atoms with Gasteiger partial charge in [0, 0.05) is 36.5 Å². The van der Waals surface area contributed by atoms with Gasteiger partial charge in [0.05, 0.1) is 18.6 Å². The number of hydrogen-bond donors (Lipinski definition) is 1. The van der Waals surface area contributed by atoms with Crippen molar-refractivity contribution in [3.8, 4) is 5.75 Å². The fourth-order valence-electron chi connectivity index (χ4n) is 2.03. The van der Waals surface area contributed by atoms with E-state index in [4.69, 9.17) is 10.5 Å². The molecule has 0 spiro atoms. The molecular formula is C13H16N4O3. The Bertz CT molecular complexity index is 609. The summed E-state index contributed by atoms with van der Waals surface area (Å²) in [4.78, 5) is 14.7. The van der Waals surface area contributed by atoms with Crippen LogP contribution in [-0.4, -0.2) is 28.1 Å². The lowest BCUT2D eigenvalue weighted by Crippen LogP contribution is -2.11. The molecule has 0 aliphatic heterocycles. The first kappa shape index (κ1) is 14.0. The minimum Gasteiger partial charge on any atom is -0.496 e. The largest absolute Gasteiger partial charge is 0.496 e. The Hall–Kier alpha value is -2.41. The summed E-state index contributed by atoms with van der Waals surface area (Å²) < 4.78 is 7.16. The number of benzene rings is 1. The van der Waals surface area contributed by atoms with Gasteiger partial charge in [0.1, 0.15) is 11.6 Å². The molecule has 0 bridgehead atoms. The van der Waals surface area contributed by atoms with Gasteiger partial charge in [0.25, 0.3) is 5.69 Å². The highest BCUT2D eigenvalue weighted by Crippen LogP contribution is 2.25. The molecule has 2 rings (SSSR count). The fourth-order valence-corrected chi connectivity index (χ4v) is 2.03. The SMILES string of the molecule is COc1ccc([N+](=O)[O-])cc1Cn1ccnc1CCN. The lowest BCUT2D eigenvalue weighted by atomic mass is 10.1. The van der Waals surface area contributed by atoms with Gasteiger partial charge in [-0.05, 0) is 12.6 Å². The molecule has 0 radical (unpaired) electrons. The molecule has 0 aliphatic carbocycles. The summed E-state index contributed by atoms with van der Waals surface area (Å²) in [5.74, 6) is 1.46. The number of rotatable bonds is 6. The van der Waals surface area contributed by atoms with E-state index in [-0.39, 0.29) is 5.69 Å². The van der Waals surface area contributed by atoms with Crippen molar-refractivity contribution in [3.05, 3.63) is 52.1 Å². The Labute approximate surface area is 116 Å². The fraction of sp³-hybridized carbons (Fsp3) is 0.308. The third-order valence-corrected chi connectivity index (χ3v) is 2.99. The number of nitrogens with two attached hydrogens (primary N) is 1. The van der Waals surface area contributed by atoms with Crippen molar-refractivity contribution in [1.29, 1.82) is 0 Å². The molecule has 0 saturated carbocycles. The zero-order chi connectivity index (χ0) is 14.5. The van der Waals surface area contributed by atoms with Gasteiger partial charge in [-0.15, -0.1) is 0 Å². The minimum absolute atomic E-state index is 0.0429. The monoisotopic (exact) mass is 276 g/mol. The second kappa shape index (κ2) is 6.16. The molecule has 0 atom stereocenters. The second-order valence-corrected chi connectivity index (χ2v) is 4.26. The van der Waals surface area contributed by atoms with Crippen LogP contribution >= 0.6 is 0 Å². The molecule has 7 heteroatoms. The summed E-state index contributed by atoms with van der Waals surface area (Å²) >= 11 is 0. The number of non-ortho nitro benzene ring substituents is 1. The van der Waals surface area contributed by atoms with Crippen molar-refractivity contribution in [2.45, 2.75) is 13.0 Å². The predicted octanol–water partition coefficient (Wildman–Crippen LogP) is 1.35. The molecule has 7 nitrogen and oxygen atoms in total. The maximum absolute atomic E-state index is 10.9. The van der Waals surface area contributed by atoms with Gasteiger partial charge < -0.3 is 15.0 Å². The topological polar surface area (TPSA) is 96.2 Å². The highest BCUT2D eigenvalue weighted by Gasteiger charge is 2.13. The average Bonchev–Trinajstić information content (AvgIpc) is 2.86. The molecule has 0 fully saturated rings. The maximum Gasteiger partial charge on any atom is 0.270 e. The number of nitro groups is 1. The first-order valence-electron chi connectivity index (χ1n) is 6.17. The van der Waals surface area contributed by atoms with Crippen LogP contribution in [0, 0.1) is 10.1 Å². The summed E-state index contributed by atoms with van der Waals surface area (Å²) in [6, 6.07) is 4.55. The number of imidazole rings is 1. The summed E-state index contributed by atoms with van der Waals surface area (Å²) in [6.45, 7) is 0.962. The molecule has 0 aliphatic rings. The second-order valence-electron chi connectivity index (χ2n) is 4.26. The van der Waals surface area contributed by atoms with Crippen LogP contribution in [-0.2, 0) is 13.0 Å². The van der Waals surface area contributed by atoms with Crippen LogP contribution in [0.15, 0.2) is 30.6 Å².